The molecule has 1 amide bonds. The summed E-state index contributed by atoms with van der Waals surface area (Å²) in [5, 5.41) is 5.91. The Morgan fingerprint density at radius 1 is 1.50 bits per heavy atom. The molecule has 0 radical (unpaired) electrons. The van der Waals surface area contributed by atoms with Crippen LogP contribution >= 0.6 is 0 Å². The van der Waals surface area contributed by atoms with Gasteiger partial charge in [-0.25, -0.2) is 4.98 Å². The summed E-state index contributed by atoms with van der Waals surface area (Å²) in [6, 6.07) is 0.553. The second-order valence-electron chi connectivity index (χ2n) is 4.18. The third-order valence-corrected chi connectivity index (χ3v) is 2.64. The molecule has 1 aromatic heterocycles. The number of nitrogens with one attached hydrogen (secondary N) is 2. The Morgan fingerprint density at radius 2 is 2.25 bits per heavy atom. The van der Waals surface area contributed by atoms with Crippen LogP contribution in [0.4, 0.5) is 0 Å². The molecule has 2 N–H and O–H groups in total. The zero-order chi connectivity index (χ0) is 11.5. The maximum atomic E-state index is 11.4. The van der Waals surface area contributed by atoms with Crippen LogP contribution in [0.1, 0.15) is 30.2 Å². The van der Waals surface area contributed by atoms with Crippen LogP contribution in [0.3, 0.4) is 0 Å². The van der Waals surface area contributed by atoms with E-state index in [1.165, 1.54) is 12.8 Å². The Bertz CT molecular complexity index is 363. The summed E-state index contributed by atoms with van der Waals surface area (Å²) < 4.78 is 5.36. The van der Waals surface area contributed by atoms with Crippen molar-refractivity contribution in [3.05, 3.63) is 17.3 Å². The first-order chi connectivity index (χ1) is 7.65. The minimum Gasteiger partial charge on any atom is -0.444 e. The normalized spacial score (nSPS) is 15.1. The summed E-state index contributed by atoms with van der Waals surface area (Å²) in [5.74, 6) is 1.36. The highest BCUT2D eigenvalue weighted by Gasteiger charge is 2.21. The van der Waals surface area contributed by atoms with Crippen LogP contribution in [-0.2, 0) is 11.3 Å². The van der Waals surface area contributed by atoms with Crippen LogP contribution in [0.15, 0.2) is 4.42 Å². The molecule has 1 fully saturated rings. The van der Waals surface area contributed by atoms with E-state index in [-0.39, 0.29) is 5.91 Å². The molecule has 1 saturated carbocycles. The maximum absolute atomic E-state index is 11.4. The molecule has 1 aliphatic carbocycles. The minimum absolute atomic E-state index is 0.0135. The molecule has 0 aliphatic heterocycles. The van der Waals surface area contributed by atoms with Gasteiger partial charge in [-0.15, -0.1) is 0 Å². The van der Waals surface area contributed by atoms with E-state index in [1.807, 2.05) is 13.8 Å². The average Bonchev–Trinajstić information content (AvgIpc) is 3.01. The lowest BCUT2D eigenvalue weighted by atomic mass is 10.4. The van der Waals surface area contributed by atoms with Gasteiger partial charge in [-0.1, -0.05) is 0 Å². The molecule has 0 bridgehead atoms. The molecular formula is C11H17N3O2. The number of aryl methyl sites for hydroxylation is 2. The summed E-state index contributed by atoms with van der Waals surface area (Å²) in [7, 11) is 0. The summed E-state index contributed by atoms with van der Waals surface area (Å²) >= 11 is 0. The van der Waals surface area contributed by atoms with Crippen LogP contribution < -0.4 is 10.6 Å². The van der Waals surface area contributed by atoms with Crippen LogP contribution in [-0.4, -0.2) is 23.5 Å². The van der Waals surface area contributed by atoms with Crippen molar-refractivity contribution in [3.8, 4) is 0 Å². The summed E-state index contributed by atoms with van der Waals surface area (Å²) in [5.41, 5.74) is 0.875. The zero-order valence-electron chi connectivity index (χ0n) is 9.67. The number of rotatable bonds is 5. The van der Waals surface area contributed by atoms with Crippen molar-refractivity contribution < 1.29 is 9.21 Å². The highest BCUT2D eigenvalue weighted by Crippen LogP contribution is 2.17. The summed E-state index contributed by atoms with van der Waals surface area (Å²) in [4.78, 5) is 15.6. The molecule has 0 saturated heterocycles. The molecule has 0 unspecified atom stereocenters. The lowest BCUT2D eigenvalue weighted by molar-refractivity contribution is -0.120. The molecule has 0 atom stereocenters. The molecule has 5 nitrogen and oxygen atoms in total. The first-order valence-electron chi connectivity index (χ1n) is 5.58. The fourth-order valence-electron chi connectivity index (χ4n) is 1.38. The number of amides is 1. The number of carbonyl (C=O) groups excluding carboxylic acids is 1. The van der Waals surface area contributed by atoms with Crippen molar-refractivity contribution in [2.24, 2.45) is 0 Å². The van der Waals surface area contributed by atoms with Crippen LogP contribution in [0, 0.1) is 13.8 Å². The van der Waals surface area contributed by atoms with Gasteiger partial charge in [0.25, 0.3) is 0 Å². The Hall–Kier alpha value is -1.36. The molecule has 88 valence electrons. The van der Waals surface area contributed by atoms with E-state index < -0.39 is 0 Å². The lowest BCUT2D eigenvalue weighted by Crippen LogP contribution is -2.34. The van der Waals surface area contributed by atoms with Crippen molar-refractivity contribution in [1.29, 1.82) is 0 Å². The van der Waals surface area contributed by atoms with E-state index >= 15 is 0 Å². The van der Waals surface area contributed by atoms with Crippen molar-refractivity contribution in [2.45, 2.75) is 39.3 Å². The summed E-state index contributed by atoms with van der Waals surface area (Å²) in [6.45, 7) is 4.49. The third kappa shape index (κ3) is 3.06. The molecule has 0 spiro atoms. The zero-order valence-corrected chi connectivity index (χ0v) is 9.67. The van der Waals surface area contributed by atoms with Gasteiger partial charge in [-0.05, 0) is 26.7 Å². The van der Waals surface area contributed by atoms with Gasteiger partial charge in [0, 0.05) is 6.04 Å². The van der Waals surface area contributed by atoms with Gasteiger partial charge in [-0.2, -0.15) is 0 Å². The Kier molecular flexibility index (Phi) is 3.24. The second kappa shape index (κ2) is 4.65. The van der Waals surface area contributed by atoms with Crippen LogP contribution in [0.2, 0.25) is 0 Å². The van der Waals surface area contributed by atoms with Gasteiger partial charge >= 0.3 is 0 Å². The standard InChI is InChI=1S/C11H17N3O2/c1-7-8(2)16-11(14-7)6-13-10(15)5-12-9-3-4-9/h9,12H,3-6H2,1-2H3,(H,13,15). The van der Waals surface area contributed by atoms with E-state index in [2.05, 4.69) is 15.6 Å². The Morgan fingerprint density at radius 3 is 2.81 bits per heavy atom. The molecule has 1 aliphatic rings. The topological polar surface area (TPSA) is 67.2 Å². The van der Waals surface area contributed by atoms with Crippen molar-refractivity contribution >= 4 is 5.91 Å². The number of hydrogen-bond donors (Lipinski definition) is 2. The quantitative estimate of drug-likeness (QED) is 0.769. The van der Waals surface area contributed by atoms with E-state index in [9.17, 15) is 4.79 Å². The number of aromatic nitrogens is 1. The molecule has 0 aromatic carbocycles. The van der Waals surface area contributed by atoms with Crippen molar-refractivity contribution in [2.75, 3.05) is 6.54 Å². The second-order valence-corrected chi connectivity index (χ2v) is 4.18. The summed E-state index contributed by atoms with van der Waals surface area (Å²) in [6.07, 6.45) is 2.37. The molecule has 1 aromatic rings. The predicted octanol–water partition coefficient (Wildman–Crippen LogP) is 0.660. The van der Waals surface area contributed by atoms with E-state index in [4.69, 9.17) is 4.42 Å². The monoisotopic (exact) mass is 223 g/mol. The SMILES string of the molecule is Cc1nc(CNC(=O)CNC2CC2)oc1C. The average molecular weight is 223 g/mol. The largest absolute Gasteiger partial charge is 0.444 e. The van der Waals surface area contributed by atoms with Gasteiger partial charge in [0.05, 0.1) is 18.8 Å². The Balaban J connectivity index is 1.71. The molecular weight excluding hydrogens is 206 g/mol. The highest BCUT2D eigenvalue weighted by atomic mass is 16.4. The number of nitrogens with zero attached hydrogens (tertiary/aromatic N) is 1. The molecule has 5 heteroatoms. The van der Waals surface area contributed by atoms with Gasteiger partial charge in [0.1, 0.15) is 5.76 Å². The predicted molar refractivity (Wildman–Crippen MR) is 58.8 cm³/mol. The van der Waals surface area contributed by atoms with Crippen molar-refractivity contribution in [3.63, 3.8) is 0 Å². The first kappa shape index (κ1) is 11.1. The number of hydrogen-bond acceptors (Lipinski definition) is 4. The number of carbonyl (C=O) groups is 1. The molecule has 2 rings (SSSR count). The smallest absolute Gasteiger partial charge is 0.234 e. The lowest BCUT2D eigenvalue weighted by Gasteiger charge is -2.03. The minimum atomic E-state index is -0.0135. The van der Waals surface area contributed by atoms with Crippen molar-refractivity contribution in [1.82, 2.24) is 15.6 Å². The number of oxazole rings is 1. The molecule has 16 heavy (non-hydrogen) atoms. The molecule has 1 heterocycles. The van der Waals surface area contributed by atoms with E-state index in [0.29, 0.717) is 25.0 Å². The highest BCUT2D eigenvalue weighted by molar-refractivity contribution is 5.77. The fraction of sp³-hybridized carbons (Fsp3) is 0.636. The van der Waals surface area contributed by atoms with Crippen LogP contribution in [0.25, 0.3) is 0 Å². The first-order valence-corrected chi connectivity index (χ1v) is 5.58. The third-order valence-electron chi connectivity index (χ3n) is 2.64. The van der Waals surface area contributed by atoms with Crippen LogP contribution in [0.5, 0.6) is 0 Å². The Labute approximate surface area is 94.6 Å². The van der Waals surface area contributed by atoms with Gasteiger partial charge < -0.3 is 15.1 Å². The van der Waals surface area contributed by atoms with E-state index in [1.54, 1.807) is 0 Å². The van der Waals surface area contributed by atoms with Gasteiger partial charge in [-0.3, -0.25) is 4.79 Å². The van der Waals surface area contributed by atoms with E-state index in [0.717, 1.165) is 11.5 Å². The fourth-order valence-corrected chi connectivity index (χ4v) is 1.38. The van der Waals surface area contributed by atoms with Gasteiger partial charge in [0.2, 0.25) is 11.8 Å². The van der Waals surface area contributed by atoms with Gasteiger partial charge in [0.15, 0.2) is 0 Å². The maximum Gasteiger partial charge on any atom is 0.234 e.